The first-order valence-corrected chi connectivity index (χ1v) is 10.5. The molecule has 0 fully saturated rings. The lowest BCUT2D eigenvalue weighted by molar-refractivity contribution is 0.0987. The highest BCUT2D eigenvalue weighted by Crippen LogP contribution is 2.36. The highest BCUT2D eigenvalue weighted by molar-refractivity contribution is 8.13. The number of carbonyl (C=O) groups excluding carboxylic acids is 1. The number of ketones is 1. The Kier molecular flexibility index (Phi) is 5.38. The first-order valence-electron chi connectivity index (χ1n) is 9.48. The summed E-state index contributed by atoms with van der Waals surface area (Å²) in [4.78, 5) is 25.7. The summed E-state index contributed by atoms with van der Waals surface area (Å²) in [5.41, 5.74) is 7.52. The van der Waals surface area contributed by atoms with E-state index in [4.69, 9.17) is 5.73 Å². The van der Waals surface area contributed by atoms with E-state index in [1.807, 2.05) is 20.0 Å². The molecule has 2 aromatic heterocycles. The predicted octanol–water partition coefficient (Wildman–Crippen LogP) is 3.20. The van der Waals surface area contributed by atoms with Crippen LogP contribution in [0.5, 0.6) is 0 Å². The first-order chi connectivity index (χ1) is 14.3. The van der Waals surface area contributed by atoms with Crippen LogP contribution in [0.25, 0.3) is 5.82 Å². The normalized spacial score (nSPS) is 18.8. The third-order valence-corrected chi connectivity index (χ3v) is 5.84. The van der Waals surface area contributed by atoms with Gasteiger partial charge in [-0.3, -0.25) is 9.79 Å². The van der Waals surface area contributed by atoms with Crippen LogP contribution < -0.4 is 5.73 Å². The van der Waals surface area contributed by atoms with Gasteiger partial charge < -0.3 is 5.73 Å². The van der Waals surface area contributed by atoms with E-state index in [0.29, 0.717) is 28.5 Å². The van der Waals surface area contributed by atoms with Crippen molar-refractivity contribution in [2.24, 2.45) is 10.7 Å². The van der Waals surface area contributed by atoms with Crippen molar-refractivity contribution in [1.82, 2.24) is 19.7 Å². The number of halogens is 1. The Bertz CT molecular complexity index is 1130. The average Bonchev–Trinajstić information content (AvgIpc) is 3.15. The Labute approximate surface area is 177 Å². The second-order valence-corrected chi connectivity index (χ2v) is 8.57. The number of nitrogens with two attached hydrogens (primary N) is 1. The molecule has 7 nitrogen and oxygen atoms in total. The van der Waals surface area contributed by atoms with Gasteiger partial charge in [0.25, 0.3) is 0 Å². The molecule has 1 atom stereocenters. The number of nitrogens with zero attached hydrogens (tertiary/aromatic N) is 5. The maximum absolute atomic E-state index is 14.6. The molecule has 154 valence electrons. The fraction of sp³-hybridized carbons (Fsp3) is 0.286. The van der Waals surface area contributed by atoms with Crippen LogP contribution >= 0.6 is 11.8 Å². The monoisotopic (exact) mass is 424 g/mol. The Balaban J connectivity index is 1.54. The second-order valence-electron chi connectivity index (χ2n) is 7.46. The molecule has 9 heteroatoms. The molecule has 0 radical (unpaired) electrons. The molecular formula is C21H21FN6OS. The van der Waals surface area contributed by atoms with Gasteiger partial charge in [0.2, 0.25) is 0 Å². The molecule has 0 aliphatic carbocycles. The number of rotatable bonds is 5. The zero-order valence-electron chi connectivity index (χ0n) is 16.7. The van der Waals surface area contributed by atoms with Gasteiger partial charge >= 0.3 is 0 Å². The molecule has 0 saturated heterocycles. The van der Waals surface area contributed by atoms with Gasteiger partial charge in [-0.2, -0.15) is 5.10 Å². The highest BCUT2D eigenvalue weighted by atomic mass is 32.2. The van der Waals surface area contributed by atoms with Crippen LogP contribution in [-0.4, -0.2) is 36.5 Å². The molecule has 1 aliphatic heterocycles. The first kappa shape index (κ1) is 20.2. The van der Waals surface area contributed by atoms with Gasteiger partial charge in [-0.1, -0.05) is 17.8 Å². The number of hydrogen-bond acceptors (Lipinski definition) is 7. The number of hydrogen-bond donors (Lipinski definition) is 1. The van der Waals surface area contributed by atoms with E-state index in [2.05, 4.69) is 20.1 Å². The summed E-state index contributed by atoms with van der Waals surface area (Å²) in [5.74, 6) is 0.750. The molecule has 3 aromatic rings. The lowest BCUT2D eigenvalue weighted by atomic mass is 9.87. The molecule has 30 heavy (non-hydrogen) atoms. The molecule has 2 N–H and O–H groups in total. The molecule has 4 rings (SSSR count). The van der Waals surface area contributed by atoms with Crippen molar-refractivity contribution in [3.8, 4) is 5.82 Å². The fourth-order valence-corrected chi connectivity index (χ4v) is 4.35. The standard InChI is InChI=1S/C21H21FN6OS/c1-13-9-26-28(12-13)19-11-24-17(10-25-19)18(29)8-14-3-4-16(22)15(7-14)21(2)5-6-30-20(23)27-21/h3-4,7,9-12H,5-6,8H2,1-2H3,(H2,23,27)/t21-/m0/s1. The average molecular weight is 425 g/mol. The topological polar surface area (TPSA) is 99.0 Å². The Morgan fingerprint density at radius 2 is 2.13 bits per heavy atom. The Morgan fingerprint density at radius 3 is 2.80 bits per heavy atom. The van der Waals surface area contributed by atoms with E-state index in [-0.39, 0.29) is 23.7 Å². The maximum Gasteiger partial charge on any atom is 0.187 e. The fourth-order valence-electron chi connectivity index (χ4n) is 3.37. The minimum Gasteiger partial charge on any atom is -0.379 e. The van der Waals surface area contributed by atoms with Crippen LogP contribution in [0.1, 0.15) is 40.5 Å². The van der Waals surface area contributed by atoms with Crippen LogP contribution in [0.3, 0.4) is 0 Å². The number of thioether (sulfide) groups is 1. The summed E-state index contributed by atoms with van der Waals surface area (Å²) in [7, 11) is 0. The van der Waals surface area contributed by atoms with Gasteiger partial charge in [0.1, 0.15) is 11.5 Å². The number of Topliss-reactive ketones (excluding diaryl/α,β-unsaturated/α-hetero) is 1. The van der Waals surface area contributed by atoms with E-state index < -0.39 is 5.54 Å². The molecule has 0 unspecified atom stereocenters. The molecule has 1 aromatic carbocycles. The summed E-state index contributed by atoms with van der Waals surface area (Å²) in [5, 5.41) is 4.63. The lowest BCUT2D eigenvalue weighted by Gasteiger charge is -2.30. The van der Waals surface area contributed by atoms with E-state index in [0.717, 1.165) is 11.3 Å². The molecule has 0 bridgehead atoms. The molecule has 0 saturated carbocycles. The van der Waals surface area contributed by atoms with Crippen molar-refractivity contribution in [3.05, 3.63) is 71.2 Å². The maximum atomic E-state index is 14.6. The van der Waals surface area contributed by atoms with Gasteiger partial charge in [-0.25, -0.2) is 19.0 Å². The lowest BCUT2D eigenvalue weighted by Crippen LogP contribution is -2.29. The van der Waals surface area contributed by atoms with Crippen LogP contribution in [0.2, 0.25) is 0 Å². The summed E-state index contributed by atoms with van der Waals surface area (Å²) in [6.07, 6.45) is 7.25. The van der Waals surface area contributed by atoms with Crippen molar-refractivity contribution in [3.63, 3.8) is 0 Å². The van der Waals surface area contributed by atoms with E-state index in [1.165, 1.54) is 30.2 Å². The Hall–Kier alpha value is -3.07. The molecule has 3 heterocycles. The number of carbonyl (C=O) groups is 1. The van der Waals surface area contributed by atoms with Gasteiger partial charge in [-0.05, 0) is 43.5 Å². The van der Waals surface area contributed by atoms with Gasteiger partial charge in [0, 0.05) is 23.9 Å². The number of aromatic nitrogens is 4. The molecule has 0 spiro atoms. The van der Waals surface area contributed by atoms with E-state index in [1.54, 1.807) is 23.0 Å². The third-order valence-electron chi connectivity index (χ3n) is 5.04. The Morgan fingerprint density at radius 1 is 1.30 bits per heavy atom. The van der Waals surface area contributed by atoms with Crippen LogP contribution in [-0.2, 0) is 12.0 Å². The summed E-state index contributed by atoms with van der Waals surface area (Å²) in [6.45, 7) is 3.79. The zero-order chi connectivity index (χ0) is 21.3. The largest absolute Gasteiger partial charge is 0.379 e. The summed E-state index contributed by atoms with van der Waals surface area (Å²) < 4.78 is 16.2. The summed E-state index contributed by atoms with van der Waals surface area (Å²) in [6, 6.07) is 4.69. The van der Waals surface area contributed by atoms with E-state index in [9.17, 15) is 9.18 Å². The number of benzene rings is 1. The second kappa shape index (κ2) is 7.98. The van der Waals surface area contributed by atoms with Crippen LogP contribution in [0.4, 0.5) is 4.39 Å². The summed E-state index contributed by atoms with van der Waals surface area (Å²) >= 11 is 1.46. The number of aryl methyl sites for hydroxylation is 1. The minimum absolute atomic E-state index is 0.0895. The quantitative estimate of drug-likeness (QED) is 0.632. The van der Waals surface area contributed by atoms with Gasteiger partial charge in [-0.15, -0.1) is 0 Å². The molecule has 1 aliphatic rings. The van der Waals surface area contributed by atoms with Crippen molar-refractivity contribution in [1.29, 1.82) is 0 Å². The zero-order valence-corrected chi connectivity index (χ0v) is 17.5. The SMILES string of the molecule is Cc1cnn(-c2cnc(C(=O)Cc3ccc(F)c([C@]4(C)CCSC(N)=N4)c3)cn2)c1. The van der Waals surface area contributed by atoms with Crippen LogP contribution in [0.15, 0.2) is 48.0 Å². The van der Waals surface area contributed by atoms with Crippen molar-refractivity contribution in [2.45, 2.75) is 32.2 Å². The number of aliphatic imine (C=N–C) groups is 1. The van der Waals surface area contributed by atoms with Crippen molar-refractivity contribution < 1.29 is 9.18 Å². The third kappa shape index (κ3) is 4.11. The predicted molar refractivity (Wildman–Crippen MR) is 114 cm³/mol. The smallest absolute Gasteiger partial charge is 0.187 e. The molecular weight excluding hydrogens is 403 g/mol. The molecule has 0 amide bonds. The van der Waals surface area contributed by atoms with Crippen molar-refractivity contribution >= 4 is 22.7 Å². The minimum atomic E-state index is -0.734. The van der Waals surface area contributed by atoms with Gasteiger partial charge in [0.05, 0.1) is 24.1 Å². The van der Waals surface area contributed by atoms with Crippen molar-refractivity contribution in [2.75, 3.05) is 5.75 Å². The van der Waals surface area contributed by atoms with Crippen LogP contribution in [0, 0.1) is 12.7 Å². The highest BCUT2D eigenvalue weighted by Gasteiger charge is 2.32. The van der Waals surface area contributed by atoms with E-state index >= 15 is 0 Å². The number of amidine groups is 1. The van der Waals surface area contributed by atoms with Gasteiger partial charge in [0.15, 0.2) is 16.8 Å².